The molecule has 0 saturated heterocycles. The Bertz CT molecular complexity index is 1030. The van der Waals surface area contributed by atoms with E-state index in [9.17, 15) is 19.5 Å². The second-order valence-electron chi connectivity index (χ2n) is 10.7. The van der Waals surface area contributed by atoms with Gasteiger partial charge in [-0.15, -0.1) is 0 Å². The van der Waals surface area contributed by atoms with Crippen molar-refractivity contribution in [3.8, 4) is 11.1 Å². The van der Waals surface area contributed by atoms with Crippen LogP contribution in [0.1, 0.15) is 58.1 Å². The number of carbonyl (C=O) groups excluding carboxylic acids is 2. The molecule has 2 aromatic rings. The molecule has 3 rings (SSSR count). The van der Waals surface area contributed by atoms with Crippen LogP contribution in [-0.4, -0.2) is 42.3 Å². The zero-order valence-corrected chi connectivity index (χ0v) is 21.1. The molecule has 2 atom stereocenters. The minimum atomic E-state index is -1.08. The van der Waals surface area contributed by atoms with Gasteiger partial charge < -0.3 is 20.5 Å². The van der Waals surface area contributed by atoms with Crippen LogP contribution in [0.4, 0.5) is 4.79 Å². The molecule has 0 fully saturated rings. The van der Waals surface area contributed by atoms with Gasteiger partial charge in [0, 0.05) is 12.5 Å². The third-order valence-electron chi connectivity index (χ3n) is 6.36. The van der Waals surface area contributed by atoms with Crippen LogP contribution >= 0.6 is 0 Å². The fraction of sp³-hybridized carbons (Fsp3) is 0.464. The van der Waals surface area contributed by atoms with Gasteiger partial charge in [0.1, 0.15) is 12.6 Å². The van der Waals surface area contributed by atoms with Crippen molar-refractivity contribution in [3.63, 3.8) is 0 Å². The van der Waals surface area contributed by atoms with E-state index in [2.05, 4.69) is 34.9 Å². The van der Waals surface area contributed by atoms with Crippen molar-refractivity contribution in [3.05, 3.63) is 59.7 Å². The Morgan fingerprint density at radius 2 is 1.51 bits per heavy atom. The second kappa shape index (κ2) is 10.9. The van der Waals surface area contributed by atoms with E-state index in [-0.39, 0.29) is 30.9 Å². The highest BCUT2D eigenvalue weighted by molar-refractivity contribution is 5.86. The normalized spacial score (nSPS) is 14.6. The Kier molecular flexibility index (Phi) is 8.20. The summed E-state index contributed by atoms with van der Waals surface area (Å²) >= 11 is 0. The Morgan fingerprint density at radius 3 is 2.00 bits per heavy atom. The van der Waals surface area contributed by atoms with Crippen molar-refractivity contribution in [1.82, 2.24) is 10.6 Å². The quantitative estimate of drug-likeness (QED) is 0.478. The molecule has 3 N–H and O–H groups in total. The maximum atomic E-state index is 12.9. The smallest absolute Gasteiger partial charge is 0.407 e. The van der Waals surface area contributed by atoms with Crippen LogP contribution in [-0.2, 0) is 14.3 Å². The molecule has 0 spiro atoms. The van der Waals surface area contributed by atoms with Crippen molar-refractivity contribution >= 4 is 18.0 Å². The van der Waals surface area contributed by atoms with E-state index in [0.717, 1.165) is 22.3 Å². The molecule has 0 bridgehead atoms. The Hall–Kier alpha value is -3.35. The van der Waals surface area contributed by atoms with E-state index >= 15 is 0 Å². The number of benzene rings is 2. The molecule has 0 aliphatic heterocycles. The minimum Gasteiger partial charge on any atom is -0.480 e. The van der Waals surface area contributed by atoms with Gasteiger partial charge >= 0.3 is 12.1 Å². The molecule has 188 valence electrons. The molecule has 1 unspecified atom stereocenters. The molecule has 1 aliphatic carbocycles. The fourth-order valence-corrected chi connectivity index (χ4v) is 4.62. The van der Waals surface area contributed by atoms with E-state index in [1.54, 1.807) is 20.8 Å². The topological polar surface area (TPSA) is 105 Å². The number of hydrogen-bond donors (Lipinski definition) is 3. The number of aliphatic carboxylic acids is 1. The number of hydrogen-bond acceptors (Lipinski definition) is 4. The highest BCUT2D eigenvalue weighted by atomic mass is 16.5. The fourth-order valence-electron chi connectivity index (χ4n) is 4.62. The van der Waals surface area contributed by atoms with Crippen LogP contribution in [0.25, 0.3) is 11.1 Å². The molecule has 2 amide bonds. The lowest BCUT2D eigenvalue weighted by Crippen LogP contribution is -2.52. The Balaban J connectivity index is 1.61. The lowest BCUT2D eigenvalue weighted by Gasteiger charge is -2.30. The Labute approximate surface area is 207 Å². The van der Waals surface area contributed by atoms with Crippen molar-refractivity contribution in [2.24, 2.45) is 17.3 Å². The van der Waals surface area contributed by atoms with Gasteiger partial charge in [-0.1, -0.05) is 83.1 Å². The summed E-state index contributed by atoms with van der Waals surface area (Å²) < 4.78 is 5.57. The summed E-state index contributed by atoms with van der Waals surface area (Å²) in [5, 5.41) is 14.9. The third-order valence-corrected chi connectivity index (χ3v) is 6.36. The van der Waals surface area contributed by atoms with Gasteiger partial charge in [-0.3, -0.25) is 4.79 Å². The average molecular weight is 481 g/mol. The summed E-state index contributed by atoms with van der Waals surface area (Å²) in [6, 6.07) is 15.2. The highest BCUT2D eigenvalue weighted by Crippen LogP contribution is 2.44. The van der Waals surface area contributed by atoms with E-state index in [1.807, 2.05) is 38.1 Å². The molecule has 35 heavy (non-hydrogen) atoms. The zero-order valence-electron chi connectivity index (χ0n) is 21.1. The molecule has 0 heterocycles. The van der Waals surface area contributed by atoms with Crippen molar-refractivity contribution in [1.29, 1.82) is 0 Å². The molecular formula is C28H36N2O5. The molecule has 7 heteroatoms. The third kappa shape index (κ3) is 6.41. The van der Waals surface area contributed by atoms with Crippen molar-refractivity contribution in [2.75, 3.05) is 13.2 Å². The largest absolute Gasteiger partial charge is 0.480 e. The predicted octanol–water partition coefficient (Wildman–Crippen LogP) is 4.80. The van der Waals surface area contributed by atoms with Gasteiger partial charge in [-0.2, -0.15) is 0 Å². The molecule has 1 aliphatic rings. The number of rotatable bonds is 9. The first-order valence-electron chi connectivity index (χ1n) is 12.1. The zero-order chi connectivity index (χ0) is 25.8. The van der Waals surface area contributed by atoms with Gasteiger partial charge in [0.25, 0.3) is 0 Å². The number of carboxylic acid groups (broad SMARTS) is 1. The van der Waals surface area contributed by atoms with Crippen LogP contribution in [0, 0.1) is 17.3 Å². The number of carboxylic acids is 1. The SMILES string of the molecule is CC(C)CC(CNC(=O)OCC1c2ccccc2-c2ccccc21)C(=O)N[C@@H](C(=O)O)C(C)(C)C. The van der Waals surface area contributed by atoms with Crippen LogP contribution in [0.3, 0.4) is 0 Å². The van der Waals surface area contributed by atoms with Gasteiger partial charge in [0.15, 0.2) is 0 Å². The summed E-state index contributed by atoms with van der Waals surface area (Å²) in [5.74, 6) is -1.91. The summed E-state index contributed by atoms with van der Waals surface area (Å²) in [6.07, 6.45) is -0.0922. The number of amides is 2. The average Bonchev–Trinajstić information content (AvgIpc) is 3.11. The maximum absolute atomic E-state index is 12.9. The first-order chi connectivity index (χ1) is 16.5. The van der Waals surface area contributed by atoms with E-state index in [0.29, 0.717) is 6.42 Å². The molecule has 2 aromatic carbocycles. The molecule has 7 nitrogen and oxygen atoms in total. The molecule has 0 aromatic heterocycles. The highest BCUT2D eigenvalue weighted by Gasteiger charge is 2.35. The monoisotopic (exact) mass is 480 g/mol. The maximum Gasteiger partial charge on any atom is 0.407 e. The lowest BCUT2D eigenvalue weighted by atomic mass is 9.86. The van der Waals surface area contributed by atoms with E-state index in [4.69, 9.17) is 4.74 Å². The Morgan fingerprint density at radius 1 is 0.971 bits per heavy atom. The van der Waals surface area contributed by atoms with Gasteiger partial charge in [-0.25, -0.2) is 9.59 Å². The van der Waals surface area contributed by atoms with Crippen molar-refractivity contribution < 1.29 is 24.2 Å². The molecular weight excluding hydrogens is 444 g/mol. The first kappa shape index (κ1) is 26.3. The lowest BCUT2D eigenvalue weighted by molar-refractivity contribution is -0.145. The number of nitrogens with one attached hydrogen (secondary N) is 2. The summed E-state index contributed by atoms with van der Waals surface area (Å²) in [7, 11) is 0. The number of fused-ring (bicyclic) bond motifs is 3. The number of alkyl carbamates (subject to hydrolysis) is 1. The molecule has 0 radical (unpaired) electrons. The second-order valence-corrected chi connectivity index (χ2v) is 10.7. The molecule has 0 saturated carbocycles. The summed E-state index contributed by atoms with van der Waals surface area (Å²) in [6.45, 7) is 9.50. The predicted molar refractivity (Wildman–Crippen MR) is 135 cm³/mol. The van der Waals surface area contributed by atoms with E-state index < -0.39 is 29.4 Å². The van der Waals surface area contributed by atoms with E-state index in [1.165, 1.54) is 0 Å². The summed E-state index contributed by atoms with van der Waals surface area (Å²) in [5.41, 5.74) is 3.90. The van der Waals surface area contributed by atoms with Crippen LogP contribution in [0.15, 0.2) is 48.5 Å². The van der Waals surface area contributed by atoms with Crippen LogP contribution in [0.2, 0.25) is 0 Å². The van der Waals surface area contributed by atoms with Gasteiger partial charge in [0.2, 0.25) is 5.91 Å². The van der Waals surface area contributed by atoms with Crippen molar-refractivity contribution in [2.45, 2.75) is 53.0 Å². The number of ether oxygens (including phenoxy) is 1. The van der Waals surface area contributed by atoms with Crippen LogP contribution in [0.5, 0.6) is 0 Å². The minimum absolute atomic E-state index is 0.0500. The standard InChI is InChI=1S/C28H36N2O5/c1-17(2)14-18(25(31)30-24(26(32)33)28(3,4)5)15-29-27(34)35-16-23-21-12-8-6-10-19(21)20-11-7-9-13-22(20)23/h6-13,17-18,23-24H,14-16H2,1-5H3,(H,29,34)(H,30,31)(H,32,33)/t18?,24-/m0/s1. The van der Waals surface area contributed by atoms with Gasteiger partial charge in [-0.05, 0) is 40.0 Å². The number of carbonyl (C=O) groups is 3. The van der Waals surface area contributed by atoms with Crippen LogP contribution < -0.4 is 10.6 Å². The first-order valence-corrected chi connectivity index (χ1v) is 12.1. The van der Waals surface area contributed by atoms with Gasteiger partial charge in [0.05, 0.1) is 5.92 Å². The summed E-state index contributed by atoms with van der Waals surface area (Å²) in [4.78, 5) is 37.2.